The molecule has 0 bridgehead atoms. The molecule has 162 valence electrons. The van der Waals surface area contributed by atoms with Crippen LogP contribution in [0.15, 0.2) is 67.5 Å². The largest absolute Gasteiger partial charge is 0.416 e. The second-order valence-corrected chi connectivity index (χ2v) is 7.67. The van der Waals surface area contributed by atoms with Crippen molar-refractivity contribution in [2.45, 2.75) is 25.7 Å². The molecule has 0 amide bonds. The Morgan fingerprint density at radius 2 is 1.75 bits per heavy atom. The topological polar surface area (TPSA) is 59.7 Å². The predicted molar refractivity (Wildman–Crippen MR) is 112 cm³/mol. The maximum Gasteiger partial charge on any atom is 0.416 e. The fourth-order valence-corrected chi connectivity index (χ4v) is 3.90. The summed E-state index contributed by atoms with van der Waals surface area (Å²) >= 11 is 0. The van der Waals surface area contributed by atoms with Gasteiger partial charge < -0.3 is 4.57 Å². The van der Waals surface area contributed by atoms with Crippen molar-refractivity contribution in [1.29, 1.82) is 0 Å². The van der Waals surface area contributed by atoms with Crippen LogP contribution in [0.2, 0.25) is 0 Å². The lowest BCUT2D eigenvalue weighted by atomic mass is 10.1. The molecule has 32 heavy (non-hydrogen) atoms. The number of nitrogens with zero attached hydrogens (tertiary/aromatic N) is 6. The van der Waals surface area contributed by atoms with E-state index in [4.69, 9.17) is 4.98 Å². The number of benzene rings is 1. The summed E-state index contributed by atoms with van der Waals surface area (Å²) in [7, 11) is 0. The maximum absolute atomic E-state index is 12.9. The Hall–Kier alpha value is -3.59. The predicted octanol–water partition coefficient (Wildman–Crippen LogP) is 4.30. The summed E-state index contributed by atoms with van der Waals surface area (Å²) in [6, 6.07) is 9.12. The Balaban J connectivity index is 1.32. The molecule has 4 aromatic rings. The highest BCUT2D eigenvalue weighted by Crippen LogP contribution is 2.30. The molecule has 0 unspecified atom stereocenters. The van der Waals surface area contributed by atoms with Gasteiger partial charge in [0, 0.05) is 67.8 Å². The van der Waals surface area contributed by atoms with E-state index in [2.05, 4.69) is 19.9 Å². The van der Waals surface area contributed by atoms with Crippen LogP contribution in [0.4, 0.5) is 13.2 Å². The van der Waals surface area contributed by atoms with E-state index in [1.807, 2.05) is 29.1 Å². The lowest BCUT2D eigenvalue weighted by Crippen LogP contribution is -2.31. The highest BCUT2D eigenvalue weighted by molar-refractivity contribution is 5.52. The zero-order chi connectivity index (χ0) is 22.1. The monoisotopic (exact) mass is 436 g/mol. The molecule has 0 spiro atoms. The smallest absolute Gasteiger partial charge is 0.320 e. The van der Waals surface area contributed by atoms with Gasteiger partial charge in [-0.2, -0.15) is 13.2 Å². The van der Waals surface area contributed by atoms with Gasteiger partial charge in [-0.05, 0) is 36.4 Å². The summed E-state index contributed by atoms with van der Waals surface area (Å²) in [4.78, 5) is 19.5. The second-order valence-electron chi connectivity index (χ2n) is 7.67. The highest BCUT2D eigenvalue weighted by Gasteiger charge is 2.30. The minimum Gasteiger partial charge on any atom is -0.320 e. The van der Waals surface area contributed by atoms with Gasteiger partial charge in [0.2, 0.25) is 0 Å². The minimum atomic E-state index is -4.34. The number of aromatic nitrogens is 5. The van der Waals surface area contributed by atoms with E-state index >= 15 is 0 Å². The van der Waals surface area contributed by atoms with Crippen LogP contribution in [-0.4, -0.2) is 35.9 Å². The summed E-state index contributed by atoms with van der Waals surface area (Å²) in [5, 5.41) is 0. The first-order valence-electron chi connectivity index (χ1n) is 10.1. The third kappa shape index (κ3) is 4.11. The number of hydrogen-bond acceptors (Lipinski definition) is 5. The van der Waals surface area contributed by atoms with Gasteiger partial charge in [0.05, 0.1) is 16.8 Å². The van der Waals surface area contributed by atoms with Gasteiger partial charge in [0.1, 0.15) is 6.33 Å². The lowest BCUT2D eigenvalue weighted by Gasteiger charge is -2.28. The van der Waals surface area contributed by atoms with E-state index in [1.165, 1.54) is 18.5 Å². The van der Waals surface area contributed by atoms with Crippen LogP contribution in [0.1, 0.15) is 22.5 Å². The molecular formula is C23H19F3N6. The Kier molecular flexibility index (Phi) is 5.18. The number of alkyl halides is 3. The standard InChI is InChI=1S/C23H19F3N6/c24-23(25,26)18-3-5-19(6-4-18)32-8-1-2-20(32)14-31-9-7-21-17(13-31)12-29-22(30-21)16-10-27-15-28-11-16/h1-6,8,10-12,15H,7,9,13-14H2. The van der Waals surface area contributed by atoms with Crippen molar-refractivity contribution in [3.63, 3.8) is 0 Å². The number of fused-ring (bicyclic) bond motifs is 1. The van der Waals surface area contributed by atoms with Crippen molar-refractivity contribution in [3.8, 4) is 17.1 Å². The third-order valence-corrected chi connectivity index (χ3v) is 5.52. The molecule has 0 saturated heterocycles. The molecule has 4 heterocycles. The zero-order valence-electron chi connectivity index (χ0n) is 17.0. The Labute approximate surface area is 182 Å². The van der Waals surface area contributed by atoms with Gasteiger partial charge in [0.15, 0.2) is 5.82 Å². The minimum absolute atomic E-state index is 0.619. The van der Waals surface area contributed by atoms with Gasteiger partial charge in [-0.25, -0.2) is 19.9 Å². The van der Waals surface area contributed by atoms with Gasteiger partial charge in [-0.15, -0.1) is 0 Å². The second kappa shape index (κ2) is 8.16. The molecule has 0 saturated carbocycles. The highest BCUT2D eigenvalue weighted by atomic mass is 19.4. The van der Waals surface area contributed by atoms with Crippen molar-refractivity contribution in [2.75, 3.05) is 6.54 Å². The molecule has 0 N–H and O–H groups in total. The molecule has 0 aliphatic carbocycles. The molecular weight excluding hydrogens is 417 g/mol. The van der Waals surface area contributed by atoms with Crippen LogP contribution in [0.25, 0.3) is 17.1 Å². The van der Waals surface area contributed by atoms with E-state index in [9.17, 15) is 13.2 Å². The average molecular weight is 436 g/mol. The van der Waals surface area contributed by atoms with Crippen molar-refractivity contribution >= 4 is 0 Å². The first-order valence-corrected chi connectivity index (χ1v) is 10.1. The SMILES string of the molecule is FC(F)(F)c1ccc(-n2cccc2CN2CCc3nc(-c4cncnc4)ncc3C2)cc1. The van der Waals surface area contributed by atoms with Crippen LogP contribution >= 0.6 is 0 Å². The third-order valence-electron chi connectivity index (χ3n) is 5.52. The van der Waals surface area contributed by atoms with Gasteiger partial charge in [0.25, 0.3) is 0 Å². The van der Waals surface area contributed by atoms with Crippen LogP contribution < -0.4 is 0 Å². The van der Waals surface area contributed by atoms with E-state index in [0.29, 0.717) is 24.6 Å². The number of halogens is 3. The first-order chi connectivity index (χ1) is 15.5. The number of rotatable bonds is 4. The average Bonchev–Trinajstić information content (AvgIpc) is 3.27. The van der Waals surface area contributed by atoms with E-state index in [1.54, 1.807) is 12.4 Å². The van der Waals surface area contributed by atoms with E-state index in [-0.39, 0.29) is 0 Å². The number of hydrogen-bond donors (Lipinski definition) is 0. The van der Waals surface area contributed by atoms with Crippen molar-refractivity contribution in [3.05, 3.63) is 90.0 Å². The normalized spacial score (nSPS) is 14.3. The molecule has 6 nitrogen and oxygen atoms in total. The Morgan fingerprint density at radius 1 is 0.969 bits per heavy atom. The summed E-state index contributed by atoms with van der Waals surface area (Å²) < 4.78 is 40.5. The Bertz CT molecular complexity index is 1220. The summed E-state index contributed by atoms with van der Waals surface area (Å²) in [6.45, 7) is 2.20. The summed E-state index contributed by atoms with van der Waals surface area (Å²) in [6.07, 6.45) is 5.03. The Morgan fingerprint density at radius 3 is 2.50 bits per heavy atom. The van der Waals surface area contributed by atoms with Crippen molar-refractivity contribution in [2.24, 2.45) is 0 Å². The molecule has 0 atom stereocenters. The molecule has 0 radical (unpaired) electrons. The van der Waals surface area contributed by atoms with Crippen molar-refractivity contribution in [1.82, 2.24) is 29.4 Å². The van der Waals surface area contributed by atoms with Crippen molar-refractivity contribution < 1.29 is 13.2 Å². The van der Waals surface area contributed by atoms with Gasteiger partial charge in [-0.1, -0.05) is 0 Å². The molecule has 5 rings (SSSR count). The van der Waals surface area contributed by atoms with Gasteiger partial charge in [-0.3, -0.25) is 4.90 Å². The van der Waals surface area contributed by atoms with Crippen LogP contribution in [0, 0.1) is 0 Å². The van der Waals surface area contributed by atoms with Crippen LogP contribution in [-0.2, 0) is 25.7 Å². The van der Waals surface area contributed by atoms with Gasteiger partial charge >= 0.3 is 6.18 Å². The molecule has 1 aromatic carbocycles. The quantitative estimate of drug-likeness (QED) is 0.477. The molecule has 0 fully saturated rings. The summed E-state index contributed by atoms with van der Waals surface area (Å²) in [5.74, 6) is 0.619. The fraction of sp³-hybridized carbons (Fsp3) is 0.217. The fourth-order valence-electron chi connectivity index (χ4n) is 3.90. The first kappa shape index (κ1) is 20.3. The molecule has 1 aliphatic rings. The lowest BCUT2D eigenvalue weighted by molar-refractivity contribution is -0.137. The van der Waals surface area contributed by atoms with E-state index in [0.717, 1.165) is 47.6 Å². The maximum atomic E-state index is 12.9. The summed E-state index contributed by atoms with van der Waals surface area (Å²) in [5.41, 5.74) is 3.94. The van der Waals surface area contributed by atoms with Crippen LogP contribution in [0.3, 0.4) is 0 Å². The molecule has 9 heteroatoms. The zero-order valence-corrected chi connectivity index (χ0v) is 17.0. The van der Waals surface area contributed by atoms with E-state index < -0.39 is 11.7 Å². The molecule has 1 aliphatic heterocycles. The molecule has 3 aromatic heterocycles. The van der Waals surface area contributed by atoms with Crippen LogP contribution in [0.5, 0.6) is 0 Å².